The third-order valence-corrected chi connectivity index (χ3v) is 5.86. The normalized spacial score (nSPS) is 30.9. The summed E-state index contributed by atoms with van der Waals surface area (Å²) < 4.78 is 0. The minimum absolute atomic E-state index is 0.169. The Morgan fingerprint density at radius 2 is 1.86 bits per heavy atom. The van der Waals surface area contributed by atoms with Crippen LogP contribution in [0.15, 0.2) is 0 Å². The molecule has 0 aliphatic carbocycles. The van der Waals surface area contributed by atoms with Crippen LogP contribution in [0.1, 0.15) is 26.2 Å². The van der Waals surface area contributed by atoms with E-state index in [9.17, 15) is 9.59 Å². The summed E-state index contributed by atoms with van der Waals surface area (Å²) in [5.74, 6) is 2.72. The molecule has 0 aromatic heterocycles. The molecule has 2 unspecified atom stereocenters. The number of piperazine rings is 1. The quantitative estimate of drug-likeness (QED) is 0.764. The molecule has 3 saturated heterocycles. The summed E-state index contributed by atoms with van der Waals surface area (Å²) in [6.07, 6.45) is 2.54. The molecule has 5 nitrogen and oxygen atoms in total. The second kappa shape index (κ2) is 6.57. The van der Waals surface area contributed by atoms with Crippen LogP contribution in [-0.2, 0) is 9.59 Å². The number of rotatable bonds is 4. The van der Waals surface area contributed by atoms with Crippen molar-refractivity contribution < 1.29 is 9.59 Å². The predicted octanol–water partition coefficient (Wildman–Crippen LogP) is 0.647. The highest BCUT2D eigenvalue weighted by Gasteiger charge is 2.46. The van der Waals surface area contributed by atoms with Crippen LogP contribution in [0.25, 0.3) is 0 Å². The lowest BCUT2D eigenvalue weighted by Crippen LogP contribution is -2.63. The van der Waals surface area contributed by atoms with Gasteiger partial charge in [-0.15, -0.1) is 0 Å². The lowest BCUT2D eigenvalue weighted by atomic mass is 10.0. The van der Waals surface area contributed by atoms with Crippen LogP contribution in [0.4, 0.5) is 0 Å². The average molecular weight is 311 g/mol. The first kappa shape index (κ1) is 15.2. The van der Waals surface area contributed by atoms with Gasteiger partial charge in [-0.3, -0.25) is 14.5 Å². The molecular weight excluding hydrogens is 286 g/mol. The topological polar surface area (TPSA) is 43.9 Å². The van der Waals surface area contributed by atoms with Crippen molar-refractivity contribution in [2.24, 2.45) is 0 Å². The fourth-order valence-corrected chi connectivity index (χ4v) is 4.67. The molecule has 21 heavy (non-hydrogen) atoms. The van der Waals surface area contributed by atoms with Gasteiger partial charge in [0.15, 0.2) is 0 Å². The molecule has 3 fully saturated rings. The molecule has 0 aromatic rings. The van der Waals surface area contributed by atoms with Crippen LogP contribution in [0.2, 0.25) is 0 Å². The zero-order valence-electron chi connectivity index (χ0n) is 12.8. The number of nitrogens with zero attached hydrogens (tertiary/aromatic N) is 3. The lowest BCUT2D eigenvalue weighted by Gasteiger charge is -2.43. The van der Waals surface area contributed by atoms with Gasteiger partial charge in [0.25, 0.3) is 0 Å². The van der Waals surface area contributed by atoms with Crippen molar-refractivity contribution in [2.45, 2.75) is 38.3 Å². The van der Waals surface area contributed by atoms with Gasteiger partial charge in [-0.2, -0.15) is 11.8 Å². The SMILES string of the molecule is CCC1C(=O)N2CCCC2C(=O)N1CCN1CCSCC1. The number of hydrogen-bond donors (Lipinski definition) is 0. The minimum atomic E-state index is -0.231. The van der Waals surface area contributed by atoms with E-state index in [1.54, 1.807) is 0 Å². The average Bonchev–Trinajstić information content (AvgIpc) is 3.00. The van der Waals surface area contributed by atoms with Crippen LogP contribution in [0, 0.1) is 0 Å². The third kappa shape index (κ3) is 2.93. The summed E-state index contributed by atoms with van der Waals surface area (Å²) in [7, 11) is 0. The van der Waals surface area contributed by atoms with E-state index < -0.39 is 0 Å². The Kier molecular flexibility index (Phi) is 4.74. The number of carbonyl (C=O) groups excluding carboxylic acids is 2. The number of thioether (sulfide) groups is 1. The minimum Gasteiger partial charge on any atom is -0.329 e. The van der Waals surface area contributed by atoms with Crippen molar-refractivity contribution in [3.05, 3.63) is 0 Å². The molecular formula is C15H25N3O2S. The van der Waals surface area contributed by atoms with Crippen LogP contribution in [0.3, 0.4) is 0 Å². The zero-order valence-corrected chi connectivity index (χ0v) is 13.6. The van der Waals surface area contributed by atoms with Gasteiger partial charge in [-0.1, -0.05) is 6.92 Å². The van der Waals surface area contributed by atoms with Gasteiger partial charge in [-0.25, -0.2) is 0 Å². The molecule has 3 rings (SSSR count). The van der Waals surface area contributed by atoms with Crippen LogP contribution in [0.5, 0.6) is 0 Å². The van der Waals surface area contributed by atoms with E-state index in [0.717, 1.165) is 45.4 Å². The molecule has 0 aromatic carbocycles. The molecule has 2 amide bonds. The Morgan fingerprint density at radius 3 is 2.57 bits per heavy atom. The highest BCUT2D eigenvalue weighted by Crippen LogP contribution is 2.28. The Hall–Kier alpha value is -0.750. The molecule has 0 spiro atoms. The van der Waals surface area contributed by atoms with Crippen molar-refractivity contribution >= 4 is 23.6 Å². The number of hydrogen-bond acceptors (Lipinski definition) is 4. The molecule has 6 heteroatoms. The molecule has 0 radical (unpaired) electrons. The van der Waals surface area contributed by atoms with Crippen molar-refractivity contribution in [3.8, 4) is 0 Å². The second-order valence-corrected chi connectivity index (χ2v) is 7.32. The van der Waals surface area contributed by atoms with Gasteiger partial charge < -0.3 is 9.80 Å². The van der Waals surface area contributed by atoms with Crippen molar-refractivity contribution in [1.82, 2.24) is 14.7 Å². The first-order valence-electron chi connectivity index (χ1n) is 8.13. The van der Waals surface area contributed by atoms with Crippen molar-refractivity contribution in [3.63, 3.8) is 0 Å². The standard InChI is InChI=1S/C15H25N3O2S/c1-2-12-14(19)17-5-3-4-13(17)15(20)18(12)7-6-16-8-10-21-11-9-16/h12-13H,2-11H2,1H3. The van der Waals surface area contributed by atoms with E-state index >= 15 is 0 Å². The number of fused-ring (bicyclic) bond motifs is 1. The summed E-state index contributed by atoms with van der Waals surface area (Å²) in [6, 6.07) is -0.400. The first-order valence-corrected chi connectivity index (χ1v) is 9.29. The Balaban J connectivity index is 1.66. The van der Waals surface area contributed by atoms with E-state index in [1.807, 2.05) is 28.5 Å². The molecule has 118 valence electrons. The Labute approximate surface area is 131 Å². The summed E-state index contributed by atoms with van der Waals surface area (Å²) in [6.45, 7) is 6.60. The van der Waals surface area contributed by atoms with Gasteiger partial charge in [0.05, 0.1) is 0 Å². The zero-order chi connectivity index (χ0) is 14.8. The Bertz CT molecular complexity index is 412. The lowest BCUT2D eigenvalue weighted by molar-refractivity contribution is -0.159. The summed E-state index contributed by atoms with van der Waals surface area (Å²) in [5.41, 5.74) is 0. The summed E-state index contributed by atoms with van der Waals surface area (Å²) in [4.78, 5) is 31.4. The van der Waals surface area contributed by atoms with Gasteiger partial charge >= 0.3 is 0 Å². The van der Waals surface area contributed by atoms with E-state index in [1.165, 1.54) is 11.5 Å². The smallest absolute Gasteiger partial charge is 0.246 e. The van der Waals surface area contributed by atoms with E-state index in [2.05, 4.69) is 4.90 Å². The molecule has 3 aliphatic rings. The monoisotopic (exact) mass is 311 g/mol. The van der Waals surface area contributed by atoms with E-state index in [4.69, 9.17) is 0 Å². The van der Waals surface area contributed by atoms with Crippen molar-refractivity contribution in [2.75, 3.05) is 44.2 Å². The first-order chi connectivity index (χ1) is 10.2. The fourth-order valence-electron chi connectivity index (χ4n) is 3.69. The third-order valence-electron chi connectivity index (χ3n) is 4.91. The van der Waals surface area contributed by atoms with E-state index in [0.29, 0.717) is 6.54 Å². The van der Waals surface area contributed by atoms with Gasteiger partial charge in [0.1, 0.15) is 12.1 Å². The number of carbonyl (C=O) groups is 2. The molecule has 0 N–H and O–H groups in total. The highest BCUT2D eigenvalue weighted by molar-refractivity contribution is 7.99. The molecule has 3 aliphatic heterocycles. The second-order valence-electron chi connectivity index (χ2n) is 6.10. The molecule has 0 saturated carbocycles. The molecule has 2 atom stereocenters. The predicted molar refractivity (Wildman–Crippen MR) is 84.3 cm³/mol. The maximum Gasteiger partial charge on any atom is 0.246 e. The van der Waals surface area contributed by atoms with E-state index in [-0.39, 0.29) is 23.9 Å². The van der Waals surface area contributed by atoms with Crippen LogP contribution < -0.4 is 0 Å². The summed E-state index contributed by atoms with van der Waals surface area (Å²) >= 11 is 2.00. The van der Waals surface area contributed by atoms with Gasteiger partial charge in [-0.05, 0) is 19.3 Å². The van der Waals surface area contributed by atoms with Crippen LogP contribution in [-0.4, -0.2) is 82.8 Å². The largest absolute Gasteiger partial charge is 0.329 e. The number of amides is 2. The maximum atomic E-state index is 12.7. The van der Waals surface area contributed by atoms with Gasteiger partial charge in [0, 0.05) is 44.2 Å². The highest BCUT2D eigenvalue weighted by atomic mass is 32.2. The Morgan fingerprint density at radius 1 is 1.10 bits per heavy atom. The molecule has 0 bridgehead atoms. The molecule has 3 heterocycles. The van der Waals surface area contributed by atoms with Crippen molar-refractivity contribution in [1.29, 1.82) is 0 Å². The van der Waals surface area contributed by atoms with Gasteiger partial charge in [0.2, 0.25) is 11.8 Å². The summed E-state index contributed by atoms with van der Waals surface area (Å²) in [5, 5.41) is 0. The maximum absolute atomic E-state index is 12.7. The van der Waals surface area contributed by atoms with Crippen LogP contribution >= 0.6 is 11.8 Å². The fraction of sp³-hybridized carbons (Fsp3) is 0.867.